The Morgan fingerprint density at radius 1 is 1.13 bits per heavy atom. The molecule has 1 aliphatic heterocycles. The molecule has 2 fully saturated rings. The molecule has 30 heavy (non-hydrogen) atoms. The van der Waals surface area contributed by atoms with Gasteiger partial charge in [0.15, 0.2) is 5.82 Å². The van der Waals surface area contributed by atoms with E-state index in [0.29, 0.717) is 6.04 Å². The lowest BCUT2D eigenvalue weighted by Crippen LogP contribution is -2.47. The van der Waals surface area contributed by atoms with Crippen molar-refractivity contribution in [1.29, 1.82) is 0 Å². The average Bonchev–Trinajstić information content (AvgIpc) is 3.43. The molecule has 1 saturated carbocycles. The third-order valence-electron chi connectivity index (χ3n) is 6.75. The second kappa shape index (κ2) is 7.92. The molecule has 8 nitrogen and oxygen atoms in total. The number of fused-ring (bicyclic) bond motifs is 1. The normalized spacial score (nSPS) is 20.2. The van der Waals surface area contributed by atoms with E-state index in [0.717, 1.165) is 66.9 Å². The number of rotatable bonds is 4. The summed E-state index contributed by atoms with van der Waals surface area (Å²) in [6, 6.07) is 8.24. The van der Waals surface area contributed by atoms with Crippen LogP contribution in [-0.4, -0.2) is 68.2 Å². The third-order valence-corrected chi connectivity index (χ3v) is 6.75. The quantitative estimate of drug-likeness (QED) is 0.714. The minimum atomic E-state index is -0.247. The number of tetrazole rings is 1. The first-order valence-corrected chi connectivity index (χ1v) is 10.9. The van der Waals surface area contributed by atoms with Gasteiger partial charge in [0.25, 0.3) is 5.56 Å². The Kier molecular flexibility index (Phi) is 5.12. The van der Waals surface area contributed by atoms with Gasteiger partial charge in [-0.25, -0.2) is 4.68 Å². The fourth-order valence-corrected chi connectivity index (χ4v) is 4.97. The van der Waals surface area contributed by atoms with Gasteiger partial charge in [-0.3, -0.25) is 9.69 Å². The number of nitrogens with zero attached hydrogens (tertiary/aromatic N) is 6. The van der Waals surface area contributed by atoms with Crippen LogP contribution in [0, 0.1) is 6.92 Å². The van der Waals surface area contributed by atoms with Crippen LogP contribution in [0.5, 0.6) is 0 Å². The van der Waals surface area contributed by atoms with Crippen molar-refractivity contribution >= 4 is 10.9 Å². The number of likely N-dealkylation sites (N-methyl/N-ethyl adjacent to an activating group) is 1. The second-order valence-corrected chi connectivity index (χ2v) is 8.75. The van der Waals surface area contributed by atoms with Crippen LogP contribution >= 0.6 is 0 Å². The zero-order chi connectivity index (χ0) is 20.7. The third kappa shape index (κ3) is 3.44. The molecular weight excluding hydrogens is 378 g/mol. The van der Waals surface area contributed by atoms with Crippen LogP contribution in [-0.2, 0) is 0 Å². The molecule has 1 aromatic carbocycles. The molecule has 0 amide bonds. The van der Waals surface area contributed by atoms with Crippen molar-refractivity contribution in [3.05, 3.63) is 51.6 Å². The lowest BCUT2D eigenvalue weighted by atomic mass is 10.0. The number of para-hydroxylation sites is 1. The maximum absolute atomic E-state index is 13.3. The monoisotopic (exact) mass is 407 g/mol. The van der Waals surface area contributed by atoms with E-state index < -0.39 is 0 Å². The number of benzene rings is 1. The molecule has 3 heterocycles. The molecule has 1 N–H and O–H groups in total. The minimum Gasteiger partial charge on any atom is -0.321 e. The predicted octanol–water partition coefficient (Wildman–Crippen LogP) is 2.27. The maximum atomic E-state index is 13.3. The van der Waals surface area contributed by atoms with E-state index in [9.17, 15) is 4.79 Å². The number of pyridine rings is 1. The topological polar surface area (TPSA) is 82.9 Å². The number of aromatic amines is 1. The van der Waals surface area contributed by atoms with Crippen molar-refractivity contribution in [2.45, 2.75) is 44.7 Å². The van der Waals surface area contributed by atoms with E-state index in [2.05, 4.69) is 43.4 Å². The molecule has 1 unspecified atom stereocenters. The van der Waals surface area contributed by atoms with E-state index in [-0.39, 0.29) is 11.6 Å². The summed E-state index contributed by atoms with van der Waals surface area (Å²) in [5.41, 5.74) is 2.65. The van der Waals surface area contributed by atoms with Gasteiger partial charge in [0.05, 0.1) is 11.6 Å². The summed E-state index contributed by atoms with van der Waals surface area (Å²) in [6.45, 7) is 5.71. The van der Waals surface area contributed by atoms with E-state index in [4.69, 9.17) is 0 Å². The van der Waals surface area contributed by atoms with Crippen LogP contribution < -0.4 is 5.56 Å². The van der Waals surface area contributed by atoms with Crippen molar-refractivity contribution in [3.63, 3.8) is 0 Å². The first-order chi connectivity index (χ1) is 14.6. The Morgan fingerprint density at radius 2 is 1.90 bits per heavy atom. The minimum absolute atomic E-state index is 0.0540. The fraction of sp³-hybridized carbons (Fsp3) is 0.545. The number of nitrogens with one attached hydrogen (secondary N) is 1. The van der Waals surface area contributed by atoms with Crippen LogP contribution in [0.25, 0.3) is 10.9 Å². The smallest absolute Gasteiger partial charge is 0.253 e. The molecule has 0 radical (unpaired) electrons. The predicted molar refractivity (Wildman–Crippen MR) is 116 cm³/mol. The van der Waals surface area contributed by atoms with Crippen molar-refractivity contribution in [1.82, 2.24) is 35.0 Å². The van der Waals surface area contributed by atoms with E-state index in [1.807, 2.05) is 29.8 Å². The van der Waals surface area contributed by atoms with Gasteiger partial charge in [-0.05, 0) is 54.3 Å². The van der Waals surface area contributed by atoms with Gasteiger partial charge in [0.2, 0.25) is 0 Å². The van der Waals surface area contributed by atoms with Crippen LogP contribution in [0.2, 0.25) is 0 Å². The summed E-state index contributed by atoms with van der Waals surface area (Å²) in [4.78, 5) is 21.1. The second-order valence-electron chi connectivity index (χ2n) is 8.75. The number of aromatic nitrogens is 5. The Bertz CT molecular complexity index is 1090. The molecular formula is C22H29N7O. The van der Waals surface area contributed by atoms with E-state index in [1.54, 1.807) is 0 Å². The maximum Gasteiger partial charge on any atom is 0.253 e. The molecule has 1 atom stereocenters. The summed E-state index contributed by atoms with van der Waals surface area (Å²) < 4.78 is 2.00. The average molecular weight is 408 g/mol. The summed E-state index contributed by atoms with van der Waals surface area (Å²) in [5, 5.41) is 13.9. The lowest BCUT2D eigenvalue weighted by Gasteiger charge is -2.37. The van der Waals surface area contributed by atoms with Crippen LogP contribution in [0.15, 0.2) is 29.1 Å². The van der Waals surface area contributed by atoms with Gasteiger partial charge in [-0.15, -0.1) is 5.10 Å². The highest BCUT2D eigenvalue weighted by molar-refractivity contribution is 5.82. The van der Waals surface area contributed by atoms with Gasteiger partial charge < -0.3 is 9.88 Å². The summed E-state index contributed by atoms with van der Waals surface area (Å²) in [6.07, 6.45) is 4.61. The Morgan fingerprint density at radius 3 is 2.67 bits per heavy atom. The molecule has 158 valence electrons. The Labute approximate surface area is 175 Å². The molecule has 5 rings (SSSR count). The van der Waals surface area contributed by atoms with Crippen molar-refractivity contribution in [3.8, 4) is 0 Å². The molecule has 1 saturated heterocycles. The fourth-order valence-electron chi connectivity index (χ4n) is 4.97. The number of hydrogen-bond acceptors (Lipinski definition) is 6. The van der Waals surface area contributed by atoms with Crippen molar-refractivity contribution in [2.24, 2.45) is 0 Å². The molecule has 2 aromatic heterocycles. The zero-order valence-electron chi connectivity index (χ0n) is 17.7. The first kappa shape index (κ1) is 19.4. The molecule has 1 aliphatic carbocycles. The number of piperazine rings is 1. The highest BCUT2D eigenvalue weighted by Crippen LogP contribution is 2.34. The lowest BCUT2D eigenvalue weighted by molar-refractivity contribution is 0.120. The molecule has 2 aliphatic rings. The van der Waals surface area contributed by atoms with Gasteiger partial charge in [0, 0.05) is 31.7 Å². The largest absolute Gasteiger partial charge is 0.321 e. The highest BCUT2D eigenvalue weighted by atomic mass is 16.1. The van der Waals surface area contributed by atoms with Crippen LogP contribution in [0.3, 0.4) is 0 Å². The van der Waals surface area contributed by atoms with Crippen molar-refractivity contribution < 1.29 is 0 Å². The van der Waals surface area contributed by atoms with E-state index in [1.165, 1.54) is 12.8 Å². The number of H-pyrrole nitrogens is 1. The Balaban J connectivity index is 1.64. The molecule has 8 heteroatoms. The SMILES string of the molecule is Cc1cccc2cc(C(c3nnnn3C3CCCC3)N3CCN(C)CC3)c(=O)[nH]c12. The number of hydrogen-bond donors (Lipinski definition) is 1. The van der Waals surface area contributed by atoms with Gasteiger partial charge in [0.1, 0.15) is 6.04 Å². The first-order valence-electron chi connectivity index (χ1n) is 10.9. The number of aryl methyl sites for hydroxylation is 1. The van der Waals surface area contributed by atoms with Gasteiger partial charge >= 0.3 is 0 Å². The van der Waals surface area contributed by atoms with Gasteiger partial charge in [-0.2, -0.15) is 0 Å². The molecule has 0 bridgehead atoms. The van der Waals surface area contributed by atoms with E-state index >= 15 is 0 Å². The van der Waals surface area contributed by atoms with Crippen LogP contribution in [0.1, 0.15) is 54.7 Å². The summed E-state index contributed by atoms with van der Waals surface area (Å²) >= 11 is 0. The highest BCUT2D eigenvalue weighted by Gasteiger charge is 2.34. The van der Waals surface area contributed by atoms with Gasteiger partial charge in [-0.1, -0.05) is 31.0 Å². The standard InChI is InChI=1S/C22H29N7O/c1-15-6-5-7-16-14-18(22(30)23-19(15)16)20(28-12-10-27(2)11-13-28)21-24-25-26-29(21)17-8-3-4-9-17/h5-7,14,17,20H,3-4,8-13H2,1-2H3,(H,23,30). The zero-order valence-corrected chi connectivity index (χ0v) is 17.7. The summed E-state index contributed by atoms with van der Waals surface area (Å²) in [7, 11) is 2.14. The molecule has 0 spiro atoms. The Hall–Kier alpha value is -2.58. The van der Waals surface area contributed by atoms with Crippen LogP contribution in [0.4, 0.5) is 0 Å². The summed E-state index contributed by atoms with van der Waals surface area (Å²) in [5.74, 6) is 0.795. The van der Waals surface area contributed by atoms with Crippen molar-refractivity contribution in [2.75, 3.05) is 33.2 Å². The molecule has 3 aromatic rings.